The molecule has 186 valence electrons. The topological polar surface area (TPSA) is 100 Å². The van der Waals surface area contributed by atoms with Crippen molar-refractivity contribution in [1.82, 2.24) is 15.6 Å². The van der Waals surface area contributed by atoms with E-state index in [2.05, 4.69) is 27.5 Å². The predicted molar refractivity (Wildman–Crippen MR) is 139 cm³/mol. The molecular weight excluding hydrogens is 479 g/mol. The summed E-state index contributed by atoms with van der Waals surface area (Å²) in [5, 5.41) is 10.5. The van der Waals surface area contributed by atoms with Gasteiger partial charge in [0.25, 0.3) is 17.7 Å². The van der Waals surface area contributed by atoms with Gasteiger partial charge >= 0.3 is 0 Å². The maximum absolute atomic E-state index is 14.9. The third-order valence-electron chi connectivity index (χ3n) is 6.08. The smallest absolute Gasteiger partial charge is 0.258 e. The summed E-state index contributed by atoms with van der Waals surface area (Å²) in [5.74, 6) is -1.80. The third kappa shape index (κ3) is 5.68. The maximum atomic E-state index is 14.9. The quantitative estimate of drug-likeness (QED) is 0.370. The molecule has 1 aliphatic rings. The molecule has 3 aromatic rings. The minimum absolute atomic E-state index is 0.115. The van der Waals surface area contributed by atoms with E-state index in [9.17, 15) is 18.8 Å². The Hall–Kier alpha value is -3.85. The van der Waals surface area contributed by atoms with Gasteiger partial charge in [-0.3, -0.25) is 19.7 Å². The molecule has 0 aliphatic heterocycles. The first kappa shape index (κ1) is 25.2. The number of hydrogen-bond acceptors (Lipinski definition) is 5. The Morgan fingerprint density at radius 1 is 1.08 bits per heavy atom. The molecule has 2 aromatic carbocycles. The fourth-order valence-corrected chi connectivity index (χ4v) is 4.07. The van der Waals surface area contributed by atoms with Crippen LogP contribution in [0.3, 0.4) is 0 Å². The molecule has 1 aliphatic carbocycles. The number of nitrogens with zero attached hydrogens (tertiary/aromatic N) is 1. The Bertz CT molecular complexity index is 1350. The van der Waals surface area contributed by atoms with Gasteiger partial charge in [-0.05, 0) is 74.6 Å². The lowest BCUT2D eigenvalue weighted by molar-refractivity contribution is 0.0939. The van der Waals surface area contributed by atoms with Crippen LogP contribution in [0.15, 0.2) is 54.1 Å². The van der Waals surface area contributed by atoms with Crippen LogP contribution in [0.1, 0.15) is 63.3 Å². The van der Waals surface area contributed by atoms with Gasteiger partial charge in [0.05, 0.1) is 0 Å². The number of aromatic nitrogens is 1. The molecule has 1 atom stereocenters. The highest BCUT2D eigenvalue weighted by molar-refractivity contribution is 7.13. The lowest BCUT2D eigenvalue weighted by Crippen LogP contribution is -2.33. The molecule has 3 amide bonds. The molecule has 36 heavy (non-hydrogen) atoms. The van der Waals surface area contributed by atoms with Crippen molar-refractivity contribution in [1.29, 1.82) is 0 Å². The Morgan fingerprint density at radius 3 is 2.47 bits per heavy atom. The average Bonchev–Trinajstić information content (AvgIpc) is 3.51. The molecule has 1 aromatic heterocycles. The Morgan fingerprint density at radius 2 is 1.83 bits per heavy atom. The van der Waals surface area contributed by atoms with E-state index >= 15 is 0 Å². The van der Waals surface area contributed by atoms with Crippen LogP contribution in [0.5, 0.6) is 0 Å². The van der Waals surface area contributed by atoms with Crippen molar-refractivity contribution in [3.8, 4) is 11.1 Å². The second-order valence-corrected chi connectivity index (χ2v) is 9.87. The molecule has 3 N–H and O–H groups in total. The first-order valence-corrected chi connectivity index (χ1v) is 12.4. The van der Waals surface area contributed by atoms with Gasteiger partial charge in [0.15, 0.2) is 5.13 Å². The zero-order valence-electron chi connectivity index (χ0n) is 20.3. The van der Waals surface area contributed by atoms with Crippen LogP contribution in [0.25, 0.3) is 11.1 Å². The Kier molecular flexibility index (Phi) is 7.30. The molecule has 0 bridgehead atoms. The van der Waals surface area contributed by atoms with Gasteiger partial charge in [0.2, 0.25) is 0 Å². The summed E-state index contributed by atoms with van der Waals surface area (Å²) in [7, 11) is 0. The second-order valence-electron chi connectivity index (χ2n) is 8.97. The SMILES string of the molecule is C=C(C)[C@@H](C)NC(=O)c1ccc(-c2cc(C(=O)NC3CC3)cc(F)c2C)c(C(=O)Nc2nccs2)c1. The van der Waals surface area contributed by atoms with E-state index in [1.54, 1.807) is 36.7 Å². The first-order valence-electron chi connectivity index (χ1n) is 11.6. The van der Waals surface area contributed by atoms with Crippen molar-refractivity contribution in [3.05, 3.63) is 82.1 Å². The number of nitrogens with one attached hydrogen (secondary N) is 3. The van der Waals surface area contributed by atoms with E-state index < -0.39 is 11.7 Å². The van der Waals surface area contributed by atoms with Gasteiger partial charge in [0.1, 0.15) is 5.82 Å². The van der Waals surface area contributed by atoms with Crippen molar-refractivity contribution in [2.24, 2.45) is 0 Å². The number of amides is 3. The van der Waals surface area contributed by atoms with E-state index in [0.29, 0.717) is 16.3 Å². The monoisotopic (exact) mass is 506 g/mol. The fourth-order valence-electron chi connectivity index (χ4n) is 3.55. The summed E-state index contributed by atoms with van der Waals surface area (Å²) in [6.07, 6.45) is 3.37. The summed E-state index contributed by atoms with van der Waals surface area (Å²) in [6.45, 7) is 9.07. The molecular formula is C27H27FN4O3S. The highest BCUT2D eigenvalue weighted by atomic mass is 32.1. The standard InChI is InChI=1S/C27H27FN4O3S/c1-14(2)16(4)30-24(33)17-5-8-20(22(11-17)26(35)32-27-29-9-10-36-27)21-12-18(13-23(28)15(21)3)25(34)31-19-6-7-19/h5,8-13,16,19H,1,6-7H2,2-4H3,(H,30,33)(H,31,34)(H,29,32,35)/t16-/m1/s1. The number of benzene rings is 2. The molecule has 1 fully saturated rings. The number of thiazole rings is 1. The van der Waals surface area contributed by atoms with Crippen LogP contribution < -0.4 is 16.0 Å². The maximum Gasteiger partial charge on any atom is 0.258 e. The molecule has 0 radical (unpaired) electrons. The lowest BCUT2D eigenvalue weighted by atomic mass is 9.91. The number of rotatable bonds is 8. The van der Waals surface area contributed by atoms with E-state index in [1.807, 2.05) is 13.8 Å². The first-order chi connectivity index (χ1) is 17.1. The van der Waals surface area contributed by atoms with E-state index in [0.717, 1.165) is 18.4 Å². The molecule has 1 saturated carbocycles. The third-order valence-corrected chi connectivity index (χ3v) is 6.76. The Balaban J connectivity index is 1.78. The number of halogens is 1. The fraction of sp³-hybridized carbons (Fsp3) is 0.259. The zero-order valence-corrected chi connectivity index (χ0v) is 21.1. The van der Waals surface area contributed by atoms with Crippen molar-refractivity contribution >= 4 is 34.2 Å². The van der Waals surface area contributed by atoms with Crippen LogP contribution in [-0.2, 0) is 0 Å². The zero-order chi connectivity index (χ0) is 26.0. The van der Waals surface area contributed by atoms with E-state index in [-0.39, 0.29) is 46.2 Å². The molecule has 0 spiro atoms. The normalized spacial score (nSPS) is 13.6. The number of hydrogen-bond donors (Lipinski definition) is 3. The summed E-state index contributed by atoms with van der Waals surface area (Å²) >= 11 is 1.25. The minimum Gasteiger partial charge on any atom is -0.349 e. The lowest BCUT2D eigenvalue weighted by Gasteiger charge is -2.17. The van der Waals surface area contributed by atoms with Crippen molar-refractivity contribution in [2.45, 2.75) is 45.7 Å². The molecule has 1 heterocycles. The average molecular weight is 507 g/mol. The molecule has 9 heteroatoms. The highest BCUT2D eigenvalue weighted by Gasteiger charge is 2.26. The van der Waals surface area contributed by atoms with Crippen LogP contribution in [0.2, 0.25) is 0 Å². The molecule has 4 rings (SSSR count). The molecule has 0 saturated heterocycles. The summed E-state index contributed by atoms with van der Waals surface area (Å²) in [4.78, 5) is 42.9. The summed E-state index contributed by atoms with van der Waals surface area (Å²) in [5.41, 5.74) is 2.44. The van der Waals surface area contributed by atoms with E-state index in [1.165, 1.54) is 23.5 Å². The largest absolute Gasteiger partial charge is 0.349 e. The van der Waals surface area contributed by atoms with Gasteiger partial charge < -0.3 is 10.6 Å². The Labute approximate surface area is 212 Å². The van der Waals surface area contributed by atoms with Gasteiger partial charge in [-0.2, -0.15) is 0 Å². The second kappa shape index (κ2) is 10.4. The van der Waals surface area contributed by atoms with Gasteiger partial charge in [0, 0.05) is 40.4 Å². The van der Waals surface area contributed by atoms with Crippen molar-refractivity contribution < 1.29 is 18.8 Å². The molecule has 7 nitrogen and oxygen atoms in total. The summed E-state index contributed by atoms with van der Waals surface area (Å²) in [6, 6.07) is 7.27. The molecule has 0 unspecified atom stereocenters. The highest BCUT2D eigenvalue weighted by Crippen LogP contribution is 2.32. The predicted octanol–water partition coefficient (Wildman–Crippen LogP) is 5.10. The van der Waals surface area contributed by atoms with Gasteiger partial charge in [-0.25, -0.2) is 9.37 Å². The van der Waals surface area contributed by atoms with Crippen molar-refractivity contribution in [2.75, 3.05) is 5.32 Å². The number of carbonyl (C=O) groups excluding carboxylic acids is 3. The number of anilines is 1. The number of carbonyl (C=O) groups is 3. The van der Waals surface area contributed by atoms with E-state index in [4.69, 9.17) is 0 Å². The van der Waals surface area contributed by atoms with Crippen LogP contribution in [0, 0.1) is 12.7 Å². The van der Waals surface area contributed by atoms with Gasteiger partial charge in [-0.15, -0.1) is 11.3 Å². The van der Waals surface area contributed by atoms with Crippen LogP contribution >= 0.6 is 11.3 Å². The van der Waals surface area contributed by atoms with Gasteiger partial charge in [-0.1, -0.05) is 18.2 Å². The summed E-state index contributed by atoms with van der Waals surface area (Å²) < 4.78 is 14.9. The minimum atomic E-state index is -0.558. The van der Waals surface area contributed by atoms with Crippen molar-refractivity contribution in [3.63, 3.8) is 0 Å². The van der Waals surface area contributed by atoms with Crippen LogP contribution in [0.4, 0.5) is 9.52 Å². The van der Waals surface area contributed by atoms with Crippen LogP contribution in [-0.4, -0.2) is 34.8 Å².